The van der Waals surface area contributed by atoms with Gasteiger partial charge >= 0.3 is 5.97 Å². The van der Waals surface area contributed by atoms with Gasteiger partial charge in [0.1, 0.15) is 5.78 Å². The third-order valence-electron chi connectivity index (χ3n) is 10.2. The van der Waals surface area contributed by atoms with Gasteiger partial charge in [0, 0.05) is 30.6 Å². The van der Waals surface area contributed by atoms with Gasteiger partial charge in [-0.2, -0.15) is 0 Å². The predicted octanol–water partition coefficient (Wildman–Crippen LogP) is 5.92. The van der Waals surface area contributed by atoms with Gasteiger partial charge in [0.15, 0.2) is 11.4 Å². The standard InChI is InChI=1S/C25H35Cl3O4/c1-5-21(31)32-25(20(30)13-26)14(2)10-18-17-7-6-15-11-16(29)8-9-22(15,3)24(17,28)19(27)12-23(18,25)4/h14-15,17-19H,5-13H2,1-4H3/t14-,15+,17-,18-,19-,22-,23-,24-,25-/m0/s1. The molecule has 4 aliphatic rings. The van der Waals surface area contributed by atoms with Gasteiger partial charge in [-0.3, -0.25) is 14.4 Å². The van der Waals surface area contributed by atoms with E-state index in [9.17, 15) is 14.4 Å². The van der Waals surface area contributed by atoms with Gasteiger partial charge in [0.25, 0.3) is 0 Å². The zero-order valence-electron chi connectivity index (χ0n) is 19.5. The quantitative estimate of drug-likeness (QED) is 0.351. The van der Waals surface area contributed by atoms with E-state index in [-0.39, 0.29) is 53.1 Å². The zero-order chi connectivity index (χ0) is 23.7. The average Bonchev–Trinajstić information content (AvgIpc) is 2.96. The predicted molar refractivity (Wildman–Crippen MR) is 126 cm³/mol. The monoisotopic (exact) mass is 504 g/mol. The van der Waals surface area contributed by atoms with Crippen molar-refractivity contribution in [2.24, 2.45) is 34.5 Å². The Morgan fingerprint density at radius 2 is 1.84 bits per heavy atom. The molecular weight excluding hydrogens is 471 g/mol. The van der Waals surface area contributed by atoms with E-state index in [1.165, 1.54) is 0 Å². The Labute approximate surface area is 206 Å². The summed E-state index contributed by atoms with van der Waals surface area (Å²) in [6, 6.07) is 0. The fourth-order valence-corrected chi connectivity index (χ4v) is 10.0. The minimum absolute atomic E-state index is 0.0904. The Morgan fingerprint density at radius 1 is 1.16 bits per heavy atom. The van der Waals surface area contributed by atoms with Crippen molar-refractivity contribution in [3.8, 4) is 0 Å². The lowest BCUT2D eigenvalue weighted by Crippen LogP contribution is -2.70. The first-order chi connectivity index (χ1) is 14.9. The number of alkyl halides is 3. The fourth-order valence-electron chi connectivity index (χ4n) is 8.52. The third kappa shape index (κ3) is 2.97. The molecule has 4 fully saturated rings. The number of carbonyl (C=O) groups excluding carboxylic acids is 3. The molecule has 0 heterocycles. The molecule has 0 saturated heterocycles. The topological polar surface area (TPSA) is 60.4 Å². The van der Waals surface area contributed by atoms with Crippen molar-refractivity contribution in [1.29, 1.82) is 0 Å². The zero-order valence-corrected chi connectivity index (χ0v) is 21.8. The normalized spacial score (nSPS) is 50.2. The fraction of sp³-hybridized carbons (Fsp3) is 0.880. The average molecular weight is 506 g/mol. The van der Waals surface area contributed by atoms with Crippen LogP contribution in [-0.4, -0.2) is 39.3 Å². The molecule has 4 saturated carbocycles. The first-order valence-corrected chi connectivity index (χ1v) is 13.4. The molecule has 4 rings (SSSR count). The molecule has 4 nitrogen and oxygen atoms in total. The molecule has 0 aromatic heterocycles. The summed E-state index contributed by atoms with van der Waals surface area (Å²) in [5.74, 6) is -0.222. The summed E-state index contributed by atoms with van der Waals surface area (Å²) >= 11 is 21.0. The highest BCUT2D eigenvalue weighted by molar-refractivity contribution is 6.33. The van der Waals surface area contributed by atoms with Crippen LogP contribution in [0.25, 0.3) is 0 Å². The lowest BCUT2D eigenvalue weighted by molar-refractivity contribution is -0.195. The highest BCUT2D eigenvalue weighted by Gasteiger charge is 2.76. The molecule has 0 bridgehead atoms. The smallest absolute Gasteiger partial charge is 0.306 e. The van der Waals surface area contributed by atoms with E-state index in [1.54, 1.807) is 6.92 Å². The van der Waals surface area contributed by atoms with Gasteiger partial charge in [-0.1, -0.05) is 27.7 Å². The number of hydrogen-bond donors (Lipinski definition) is 0. The Hall–Kier alpha value is -0.320. The molecule has 0 aromatic carbocycles. The van der Waals surface area contributed by atoms with Gasteiger partial charge in [0.05, 0.1) is 16.1 Å². The van der Waals surface area contributed by atoms with Gasteiger partial charge in [-0.15, -0.1) is 34.8 Å². The van der Waals surface area contributed by atoms with Crippen LogP contribution in [-0.2, 0) is 19.1 Å². The van der Waals surface area contributed by atoms with Gasteiger partial charge in [0.2, 0.25) is 0 Å². The summed E-state index contributed by atoms with van der Waals surface area (Å²) in [7, 11) is 0. The lowest BCUT2D eigenvalue weighted by Gasteiger charge is -2.66. The van der Waals surface area contributed by atoms with Crippen LogP contribution in [0.5, 0.6) is 0 Å². The molecule has 32 heavy (non-hydrogen) atoms. The van der Waals surface area contributed by atoms with Crippen LogP contribution in [0.4, 0.5) is 0 Å². The van der Waals surface area contributed by atoms with Gasteiger partial charge in [-0.25, -0.2) is 0 Å². The van der Waals surface area contributed by atoms with E-state index < -0.39 is 21.3 Å². The van der Waals surface area contributed by atoms with Crippen molar-refractivity contribution in [2.45, 2.75) is 94.9 Å². The number of ether oxygens (including phenoxy) is 1. The molecular formula is C25H35Cl3O4. The molecule has 0 radical (unpaired) electrons. The molecule has 0 aliphatic heterocycles. The molecule has 0 amide bonds. The van der Waals surface area contributed by atoms with Crippen LogP contribution in [0.2, 0.25) is 0 Å². The molecule has 4 aliphatic carbocycles. The maximum Gasteiger partial charge on any atom is 0.306 e. The number of hydrogen-bond acceptors (Lipinski definition) is 4. The summed E-state index contributed by atoms with van der Waals surface area (Å²) in [4.78, 5) is 37.5. The lowest BCUT2D eigenvalue weighted by atomic mass is 9.43. The number of Topliss-reactive ketones (excluding diaryl/α,β-unsaturated/α-hetero) is 2. The number of rotatable bonds is 4. The van der Waals surface area contributed by atoms with Crippen LogP contribution in [0.15, 0.2) is 0 Å². The first kappa shape index (κ1) is 24.8. The maximum atomic E-state index is 13.4. The molecule has 0 unspecified atom stereocenters. The summed E-state index contributed by atoms with van der Waals surface area (Å²) in [6.07, 6.45) is 5.15. The Kier molecular flexibility index (Phi) is 6.29. The second-order valence-electron chi connectivity index (χ2n) is 11.3. The summed E-state index contributed by atoms with van der Waals surface area (Å²) < 4.78 is 6.07. The molecule has 0 N–H and O–H groups in total. The third-order valence-corrected chi connectivity index (χ3v) is 12.0. The van der Waals surface area contributed by atoms with Gasteiger partial charge in [-0.05, 0) is 55.3 Å². The van der Waals surface area contributed by atoms with Crippen molar-refractivity contribution < 1.29 is 19.1 Å². The molecule has 180 valence electrons. The van der Waals surface area contributed by atoms with E-state index in [4.69, 9.17) is 39.5 Å². The Bertz CT molecular complexity index is 832. The number of ketones is 2. The minimum atomic E-state index is -1.28. The van der Waals surface area contributed by atoms with E-state index >= 15 is 0 Å². The second kappa shape index (κ2) is 8.12. The molecule has 0 spiro atoms. The van der Waals surface area contributed by atoms with Crippen LogP contribution < -0.4 is 0 Å². The van der Waals surface area contributed by atoms with Crippen molar-refractivity contribution >= 4 is 52.3 Å². The highest BCUT2D eigenvalue weighted by Crippen LogP contribution is 2.73. The van der Waals surface area contributed by atoms with Crippen molar-refractivity contribution in [1.82, 2.24) is 0 Å². The minimum Gasteiger partial charge on any atom is -0.450 e. The van der Waals surface area contributed by atoms with E-state index in [2.05, 4.69) is 13.8 Å². The highest BCUT2D eigenvalue weighted by atomic mass is 35.5. The number of halogens is 3. The van der Waals surface area contributed by atoms with Crippen LogP contribution >= 0.6 is 34.8 Å². The van der Waals surface area contributed by atoms with Crippen LogP contribution in [0.3, 0.4) is 0 Å². The van der Waals surface area contributed by atoms with Crippen molar-refractivity contribution in [2.75, 3.05) is 5.88 Å². The number of carbonyl (C=O) groups is 3. The van der Waals surface area contributed by atoms with Gasteiger partial charge < -0.3 is 4.74 Å². The SMILES string of the molecule is CCC(=O)O[C@]1(C(=O)CCl)[C@@H](C)C[C@H]2[C@@H]3CC[C@@H]4CC(=O)CC[C@]4(C)[C@@]3(Cl)[C@@H](Cl)C[C@@]21C. The summed E-state index contributed by atoms with van der Waals surface area (Å²) in [6.45, 7) is 8.04. The number of fused-ring (bicyclic) bond motifs is 5. The Balaban J connectivity index is 1.81. The first-order valence-electron chi connectivity index (χ1n) is 12.1. The molecule has 9 atom stereocenters. The van der Waals surface area contributed by atoms with Crippen LogP contribution in [0.1, 0.15) is 79.1 Å². The van der Waals surface area contributed by atoms with Crippen LogP contribution in [0, 0.1) is 34.5 Å². The molecule has 0 aromatic rings. The summed E-state index contributed by atoms with van der Waals surface area (Å²) in [5.41, 5.74) is -2.14. The second-order valence-corrected chi connectivity index (χ2v) is 12.7. The molecule has 7 heteroatoms. The van der Waals surface area contributed by atoms with E-state index in [1.807, 2.05) is 6.92 Å². The maximum absolute atomic E-state index is 13.4. The van der Waals surface area contributed by atoms with Crippen molar-refractivity contribution in [3.05, 3.63) is 0 Å². The van der Waals surface area contributed by atoms with Crippen molar-refractivity contribution in [3.63, 3.8) is 0 Å². The van der Waals surface area contributed by atoms with E-state index in [0.717, 1.165) is 25.7 Å². The number of esters is 1. The Morgan fingerprint density at radius 3 is 2.47 bits per heavy atom. The van der Waals surface area contributed by atoms with E-state index in [0.29, 0.717) is 25.0 Å². The largest absolute Gasteiger partial charge is 0.450 e. The summed E-state index contributed by atoms with van der Waals surface area (Å²) in [5, 5.41) is -0.399.